The van der Waals surface area contributed by atoms with E-state index >= 15 is 0 Å². The van der Waals surface area contributed by atoms with Crippen molar-refractivity contribution in [1.29, 1.82) is 0 Å². The van der Waals surface area contributed by atoms with Crippen molar-refractivity contribution in [2.45, 2.75) is 26.6 Å². The largest absolute Gasteiger partial charge is 0.337 e. The monoisotopic (exact) mass is 438 g/mol. The lowest BCUT2D eigenvalue weighted by Gasteiger charge is -2.07. The second-order valence-corrected chi connectivity index (χ2v) is 9.13. The first-order valence-corrected chi connectivity index (χ1v) is 11.6. The number of aromatic nitrogens is 2. The Labute approximate surface area is 192 Å². The molecule has 32 heavy (non-hydrogen) atoms. The number of benzene rings is 3. The van der Waals surface area contributed by atoms with Gasteiger partial charge < -0.3 is 16.0 Å². The van der Waals surface area contributed by atoms with Crippen molar-refractivity contribution in [3.63, 3.8) is 0 Å². The lowest BCUT2D eigenvalue weighted by Crippen LogP contribution is -2.12. The molecule has 0 unspecified atom stereocenters. The quantitative estimate of drug-likeness (QED) is 0.291. The van der Waals surface area contributed by atoms with Gasteiger partial charge in [-0.15, -0.1) is 11.3 Å². The number of hydrogen-bond acceptors (Lipinski definition) is 4. The number of imidazole rings is 1. The third kappa shape index (κ3) is 4.36. The lowest BCUT2D eigenvalue weighted by atomic mass is 10.1. The van der Waals surface area contributed by atoms with Crippen LogP contribution in [0.25, 0.3) is 32.2 Å². The van der Waals surface area contributed by atoms with Gasteiger partial charge >= 0.3 is 0 Å². The van der Waals surface area contributed by atoms with Crippen LogP contribution in [0.1, 0.15) is 22.3 Å². The molecule has 5 heteroatoms. The van der Waals surface area contributed by atoms with E-state index in [1.165, 1.54) is 27.1 Å². The van der Waals surface area contributed by atoms with Gasteiger partial charge in [-0.1, -0.05) is 54.6 Å². The molecule has 0 amide bonds. The van der Waals surface area contributed by atoms with Crippen molar-refractivity contribution < 1.29 is 0 Å². The van der Waals surface area contributed by atoms with Crippen LogP contribution in [-0.4, -0.2) is 9.97 Å². The van der Waals surface area contributed by atoms with E-state index in [0.29, 0.717) is 6.54 Å². The Morgan fingerprint density at radius 2 is 1.59 bits per heavy atom. The summed E-state index contributed by atoms with van der Waals surface area (Å²) in [6.45, 7) is 4.35. The Bertz CT molecular complexity index is 1350. The van der Waals surface area contributed by atoms with Crippen molar-refractivity contribution in [3.8, 4) is 21.1 Å². The smallest absolute Gasteiger partial charge is 0.148 e. The van der Waals surface area contributed by atoms with E-state index in [1.54, 1.807) is 11.3 Å². The van der Waals surface area contributed by atoms with Gasteiger partial charge in [0.15, 0.2) is 0 Å². The number of para-hydroxylation sites is 1. The van der Waals surface area contributed by atoms with Gasteiger partial charge in [0, 0.05) is 24.5 Å². The zero-order valence-electron chi connectivity index (χ0n) is 18.1. The molecule has 2 aromatic heterocycles. The van der Waals surface area contributed by atoms with E-state index in [0.717, 1.165) is 40.4 Å². The van der Waals surface area contributed by atoms with Crippen LogP contribution in [0.15, 0.2) is 78.9 Å². The number of thiophene rings is 1. The van der Waals surface area contributed by atoms with Crippen LogP contribution in [0.2, 0.25) is 0 Å². The number of aromatic amines is 1. The van der Waals surface area contributed by atoms with Crippen molar-refractivity contribution in [3.05, 3.63) is 101 Å². The average molecular weight is 439 g/mol. The third-order valence-electron chi connectivity index (χ3n) is 5.68. The zero-order chi connectivity index (χ0) is 21.9. The molecule has 0 aliphatic carbocycles. The standard InChI is InChI=1S/C27H26N4S/c1-18-4-2-7-23-26(18)31-27(30-23)25-13-12-24(32-25)22-6-3-5-21(14-22)17-29-16-20-10-8-19(15-28)9-11-20/h2-14,29H,15-17,28H2,1H3,(H,30,31). The Kier molecular flexibility index (Phi) is 5.86. The first-order valence-electron chi connectivity index (χ1n) is 10.8. The predicted molar refractivity (Wildman–Crippen MR) is 134 cm³/mol. The van der Waals surface area contributed by atoms with Crippen LogP contribution < -0.4 is 11.1 Å². The molecule has 160 valence electrons. The maximum absolute atomic E-state index is 5.68. The van der Waals surface area contributed by atoms with Crippen molar-refractivity contribution in [1.82, 2.24) is 15.3 Å². The summed E-state index contributed by atoms with van der Waals surface area (Å²) in [4.78, 5) is 10.7. The summed E-state index contributed by atoms with van der Waals surface area (Å²) in [5.74, 6) is 0.934. The van der Waals surface area contributed by atoms with Crippen LogP contribution in [0.4, 0.5) is 0 Å². The molecule has 0 aliphatic heterocycles. The fourth-order valence-electron chi connectivity index (χ4n) is 3.89. The molecular formula is C27H26N4S. The second kappa shape index (κ2) is 9.09. The molecule has 3 aromatic carbocycles. The molecule has 0 spiro atoms. The number of aryl methyl sites for hydroxylation is 1. The minimum atomic E-state index is 0.584. The van der Waals surface area contributed by atoms with Gasteiger partial charge in [0.05, 0.1) is 15.9 Å². The van der Waals surface area contributed by atoms with Crippen molar-refractivity contribution in [2.75, 3.05) is 0 Å². The number of nitrogens with two attached hydrogens (primary N) is 1. The average Bonchev–Trinajstić information content (AvgIpc) is 3.48. The Balaban J connectivity index is 1.29. The third-order valence-corrected chi connectivity index (χ3v) is 6.82. The fraction of sp³-hybridized carbons (Fsp3) is 0.148. The Morgan fingerprint density at radius 3 is 2.41 bits per heavy atom. The summed E-state index contributed by atoms with van der Waals surface area (Å²) in [6.07, 6.45) is 0. The second-order valence-electron chi connectivity index (χ2n) is 8.04. The van der Waals surface area contributed by atoms with Crippen LogP contribution >= 0.6 is 11.3 Å². The topological polar surface area (TPSA) is 66.7 Å². The molecule has 5 rings (SSSR count). The molecule has 0 saturated carbocycles. The van der Waals surface area contributed by atoms with Crippen molar-refractivity contribution in [2.24, 2.45) is 5.73 Å². The van der Waals surface area contributed by atoms with Crippen molar-refractivity contribution >= 4 is 22.4 Å². The highest BCUT2D eigenvalue weighted by Crippen LogP contribution is 2.34. The number of H-pyrrole nitrogens is 1. The van der Waals surface area contributed by atoms with E-state index in [9.17, 15) is 0 Å². The Morgan fingerprint density at radius 1 is 0.844 bits per heavy atom. The summed E-state index contributed by atoms with van der Waals surface area (Å²) in [7, 11) is 0. The molecule has 0 atom stereocenters. The zero-order valence-corrected chi connectivity index (χ0v) is 18.9. The van der Waals surface area contributed by atoms with E-state index in [-0.39, 0.29) is 0 Å². The Hall–Kier alpha value is -3.25. The highest BCUT2D eigenvalue weighted by atomic mass is 32.1. The number of nitrogens with one attached hydrogen (secondary N) is 2. The highest BCUT2D eigenvalue weighted by molar-refractivity contribution is 7.18. The molecule has 2 heterocycles. The maximum Gasteiger partial charge on any atom is 0.148 e. The SMILES string of the molecule is Cc1cccc2[nH]c(-c3ccc(-c4cccc(CNCc5ccc(CN)cc5)c4)s3)nc12. The molecular weight excluding hydrogens is 412 g/mol. The maximum atomic E-state index is 5.68. The van der Waals surface area contributed by atoms with Gasteiger partial charge in [0.25, 0.3) is 0 Å². The lowest BCUT2D eigenvalue weighted by molar-refractivity contribution is 0.693. The minimum Gasteiger partial charge on any atom is -0.337 e. The summed E-state index contributed by atoms with van der Waals surface area (Å²) < 4.78 is 0. The van der Waals surface area contributed by atoms with Gasteiger partial charge in [-0.05, 0) is 59.0 Å². The van der Waals surface area contributed by atoms with Gasteiger partial charge in [-0.3, -0.25) is 0 Å². The molecule has 0 radical (unpaired) electrons. The molecule has 0 bridgehead atoms. The molecule has 0 aliphatic rings. The van der Waals surface area contributed by atoms with E-state index in [4.69, 9.17) is 10.7 Å². The number of fused-ring (bicyclic) bond motifs is 1. The van der Waals surface area contributed by atoms with E-state index in [2.05, 4.69) is 96.1 Å². The van der Waals surface area contributed by atoms with Crippen LogP contribution in [0.3, 0.4) is 0 Å². The van der Waals surface area contributed by atoms with Gasteiger partial charge in [-0.25, -0.2) is 4.98 Å². The summed E-state index contributed by atoms with van der Waals surface area (Å²) in [6, 6.07) is 27.8. The van der Waals surface area contributed by atoms with E-state index in [1.807, 2.05) is 0 Å². The molecule has 0 saturated heterocycles. The number of nitrogens with zero attached hydrogens (tertiary/aromatic N) is 1. The van der Waals surface area contributed by atoms with Gasteiger partial charge in [0.2, 0.25) is 0 Å². The first kappa shape index (κ1) is 20.6. The number of hydrogen-bond donors (Lipinski definition) is 3. The normalized spacial score (nSPS) is 11.3. The van der Waals surface area contributed by atoms with Crippen LogP contribution in [-0.2, 0) is 19.6 Å². The van der Waals surface area contributed by atoms with E-state index < -0.39 is 0 Å². The summed E-state index contributed by atoms with van der Waals surface area (Å²) >= 11 is 1.77. The minimum absolute atomic E-state index is 0.584. The molecule has 5 aromatic rings. The first-order chi connectivity index (χ1) is 15.7. The predicted octanol–water partition coefficient (Wildman–Crippen LogP) is 6.02. The highest BCUT2D eigenvalue weighted by Gasteiger charge is 2.11. The van der Waals surface area contributed by atoms with Crippen LogP contribution in [0.5, 0.6) is 0 Å². The summed E-state index contributed by atoms with van der Waals surface area (Å²) in [5.41, 5.74) is 13.9. The van der Waals surface area contributed by atoms with Crippen LogP contribution in [0, 0.1) is 6.92 Å². The van der Waals surface area contributed by atoms with Gasteiger partial charge in [-0.2, -0.15) is 0 Å². The molecule has 4 nitrogen and oxygen atoms in total. The summed E-state index contributed by atoms with van der Waals surface area (Å²) in [5, 5.41) is 3.54. The molecule has 4 N–H and O–H groups in total. The van der Waals surface area contributed by atoms with Gasteiger partial charge in [0.1, 0.15) is 5.82 Å². The molecule has 0 fully saturated rings. The fourth-order valence-corrected chi connectivity index (χ4v) is 4.84. The number of rotatable bonds is 7.